The monoisotopic (exact) mass is 262 g/mol. The predicted octanol–water partition coefficient (Wildman–Crippen LogP) is 4.04. The minimum atomic E-state index is -3.10. The van der Waals surface area contributed by atoms with Gasteiger partial charge in [-0.05, 0) is 35.7 Å². The van der Waals surface area contributed by atoms with Gasteiger partial charge in [0.15, 0.2) is 0 Å². The molecule has 98 valence electrons. The lowest BCUT2D eigenvalue weighted by atomic mass is 9.98. The van der Waals surface area contributed by atoms with Crippen molar-refractivity contribution in [2.45, 2.75) is 13.5 Å². The van der Waals surface area contributed by atoms with Gasteiger partial charge in [-0.2, -0.15) is 8.78 Å². The molecule has 0 heterocycles. The van der Waals surface area contributed by atoms with E-state index in [2.05, 4.69) is 4.74 Å². The molecular formula is C15H12F2O2. The number of rotatable bonds is 3. The summed E-state index contributed by atoms with van der Waals surface area (Å²) in [6.45, 7) is -1.27. The van der Waals surface area contributed by atoms with Gasteiger partial charge in [-0.1, -0.05) is 36.4 Å². The zero-order valence-corrected chi connectivity index (χ0v) is 10.3. The minimum Gasteiger partial charge on any atom is -0.399 e. The summed E-state index contributed by atoms with van der Waals surface area (Å²) in [5.74, 6) is -1.02. The van der Waals surface area contributed by atoms with E-state index in [1.165, 1.54) is 6.07 Å². The van der Waals surface area contributed by atoms with Crippen LogP contribution in [0, 0.1) is 6.92 Å². The van der Waals surface area contributed by atoms with E-state index in [1.54, 1.807) is 12.1 Å². The quantitative estimate of drug-likeness (QED) is 0.780. The first-order valence-corrected chi connectivity index (χ1v) is 5.73. The number of esters is 1. The fraction of sp³-hybridized carbons (Fsp3) is 0.133. The Morgan fingerprint density at radius 2 is 1.79 bits per heavy atom. The highest BCUT2D eigenvalue weighted by atomic mass is 19.3. The van der Waals surface area contributed by atoms with Crippen molar-refractivity contribution in [3.8, 4) is 11.1 Å². The van der Waals surface area contributed by atoms with E-state index in [9.17, 15) is 13.6 Å². The van der Waals surface area contributed by atoms with Gasteiger partial charge in [-0.15, -0.1) is 0 Å². The van der Waals surface area contributed by atoms with Crippen molar-refractivity contribution in [2.24, 2.45) is 0 Å². The Hall–Kier alpha value is -2.23. The van der Waals surface area contributed by atoms with Gasteiger partial charge in [0.2, 0.25) is 0 Å². The van der Waals surface area contributed by atoms with Gasteiger partial charge < -0.3 is 4.74 Å². The average molecular weight is 262 g/mol. The lowest BCUT2D eigenvalue weighted by Gasteiger charge is -2.08. The van der Waals surface area contributed by atoms with Crippen molar-refractivity contribution < 1.29 is 18.3 Å². The Labute approximate surface area is 109 Å². The number of hydrogen-bond donors (Lipinski definition) is 0. The molecule has 0 amide bonds. The van der Waals surface area contributed by atoms with Gasteiger partial charge in [0.1, 0.15) is 0 Å². The van der Waals surface area contributed by atoms with Crippen LogP contribution in [0.5, 0.6) is 0 Å². The molecule has 0 bridgehead atoms. The zero-order valence-electron chi connectivity index (χ0n) is 10.3. The first kappa shape index (κ1) is 13.2. The molecule has 0 saturated carbocycles. The van der Waals surface area contributed by atoms with Crippen LogP contribution in [0.1, 0.15) is 15.9 Å². The van der Waals surface area contributed by atoms with E-state index in [-0.39, 0.29) is 5.56 Å². The Morgan fingerprint density at radius 3 is 2.37 bits per heavy atom. The van der Waals surface area contributed by atoms with Crippen LogP contribution in [0.2, 0.25) is 0 Å². The SMILES string of the molecule is Cc1cc(C(=O)OC(F)F)ccc1-c1ccccc1. The highest BCUT2D eigenvalue weighted by Gasteiger charge is 2.14. The Balaban J connectivity index is 2.30. The van der Waals surface area contributed by atoms with Crippen LogP contribution in [-0.4, -0.2) is 12.6 Å². The molecule has 0 aromatic heterocycles. The van der Waals surface area contributed by atoms with Crippen LogP contribution < -0.4 is 0 Å². The van der Waals surface area contributed by atoms with Gasteiger partial charge in [0, 0.05) is 0 Å². The molecule has 2 rings (SSSR count). The number of benzene rings is 2. The van der Waals surface area contributed by atoms with Gasteiger partial charge in [-0.3, -0.25) is 0 Å². The second-order valence-electron chi connectivity index (χ2n) is 4.06. The first-order valence-electron chi connectivity index (χ1n) is 5.73. The fourth-order valence-electron chi connectivity index (χ4n) is 1.88. The summed E-state index contributed by atoms with van der Waals surface area (Å²) in [6, 6.07) is 14.4. The molecule has 0 unspecified atom stereocenters. The average Bonchev–Trinajstić information content (AvgIpc) is 2.38. The number of carbonyl (C=O) groups is 1. The van der Waals surface area contributed by atoms with Crippen LogP contribution in [-0.2, 0) is 4.74 Å². The highest BCUT2D eigenvalue weighted by Crippen LogP contribution is 2.24. The van der Waals surface area contributed by atoms with Crippen LogP contribution in [0.3, 0.4) is 0 Å². The Morgan fingerprint density at radius 1 is 1.11 bits per heavy atom. The maximum atomic E-state index is 12.0. The normalized spacial score (nSPS) is 10.5. The second-order valence-corrected chi connectivity index (χ2v) is 4.06. The molecule has 0 aliphatic rings. The van der Waals surface area contributed by atoms with Gasteiger partial charge in [0.25, 0.3) is 0 Å². The van der Waals surface area contributed by atoms with E-state index in [0.717, 1.165) is 16.7 Å². The third kappa shape index (κ3) is 3.16. The highest BCUT2D eigenvalue weighted by molar-refractivity contribution is 5.90. The molecule has 0 saturated heterocycles. The number of hydrogen-bond acceptors (Lipinski definition) is 2. The summed E-state index contributed by atoms with van der Waals surface area (Å²) in [5, 5.41) is 0. The van der Waals surface area contributed by atoms with Gasteiger partial charge in [0.05, 0.1) is 5.56 Å². The minimum absolute atomic E-state index is 0.123. The first-order chi connectivity index (χ1) is 9.08. The van der Waals surface area contributed by atoms with E-state index in [1.807, 2.05) is 37.3 Å². The Bertz CT molecular complexity index is 580. The lowest BCUT2D eigenvalue weighted by molar-refractivity contribution is -0.0906. The molecule has 19 heavy (non-hydrogen) atoms. The van der Waals surface area contributed by atoms with E-state index in [0.29, 0.717) is 0 Å². The maximum Gasteiger partial charge on any atom is 0.389 e. The topological polar surface area (TPSA) is 26.3 Å². The third-order valence-corrected chi connectivity index (χ3v) is 2.74. The second kappa shape index (κ2) is 5.61. The number of aryl methyl sites for hydroxylation is 1. The summed E-state index contributed by atoms with van der Waals surface area (Å²) >= 11 is 0. The molecule has 0 radical (unpaired) electrons. The Kier molecular flexibility index (Phi) is 3.90. The number of halogens is 2. The number of alkyl halides is 2. The molecule has 2 nitrogen and oxygen atoms in total. The summed E-state index contributed by atoms with van der Waals surface area (Å²) in [5.41, 5.74) is 2.91. The van der Waals surface area contributed by atoms with Crippen LogP contribution in [0.4, 0.5) is 8.78 Å². The summed E-state index contributed by atoms with van der Waals surface area (Å²) in [7, 11) is 0. The van der Waals surface area contributed by atoms with E-state index in [4.69, 9.17) is 0 Å². The van der Waals surface area contributed by atoms with Crippen molar-refractivity contribution in [3.05, 3.63) is 59.7 Å². The largest absolute Gasteiger partial charge is 0.399 e. The molecule has 0 N–H and O–H groups in total. The van der Waals surface area contributed by atoms with E-state index < -0.39 is 12.6 Å². The van der Waals surface area contributed by atoms with Crippen LogP contribution in [0.25, 0.3) is 11.1 Å². The standard InChI is InChI=1S/C15H12F2O2/c1-10-9-12(14(18)19-15(16)17)7-8-13(10)11-5-3-2-4-6-11/h2-9,15H,1H3. The molecule has 0 aliphatic heterocycles. The zero-order chi connectivity index (χ0) is 13.8. The summed E-state index contributed by atoms with van der Waals surface area (Å²) in [4.78, 5) is 11.4. The van der Waals surface area contributed by atoms with Crippen LogP contribution >= 0.6 is 0 Å². The van der Waals surface area contributed by atoms with Gasteiger partial charge in [-0.25, -0.2) is 4.79 Å². The summed E-state index contributed by atoms with van der Waals surface area (Å²) < 4.78 is 27.8. The smallest absolute Gasteiger partial charge is 0.389 e. The fourth-order valence-corrected chi connectivity index (χ4v) is 1.88. The van der Waals surface area contributed by atoms with Crippen molar-refractivity contribution in [3.63, 3.8) is 0 Å². The number of ether oxygens (including phenoxy) is 1. The molecule has 2 aromatic rings. The van der Waals surface area contributed by atoms with Crippen molar-refractivity contribution in [2.75, 3.05) is 0 Å². The number of carbonyl (C=O) groups excluding carboxylic acids is 1. The van der Waals surface area contributed by atoms with Crippen LogP contribution in [0.15, 0.2) is 48.5 Å². The third-order valence-electron chi connectivity index (χ3n) is 2.74. The predicted molar refractivity (Wildman–Crippen MR) is 68.0 cm³/mol. The molecule has 0 fully saturated rings. The van der Waals surface area contributed by atoms with Crippen molar-refractivity contribution >= 4 is 5.97 Å². The molecule has 0 aliphatic carbocycles. The maximum absolute atomic E-state index is 12.0. The molecule has 4 heteroatoms. The van der Waals surface area contributed by atoms with Crippen molar-refractivity contribution in [1.29, 1.82) is 0 Å². The molecule has 0 spiro atoms. The summed E-state index contributed by atoms with van der Waals surface area (Å²) in [6.07, 6.45) is 0. The molecule has 0 atom stereocenters. The lowest BCUT2D eigenvalue weighted by Crippen LogP contribution is -2.09. The van der Waals surface area contributed by atoms with Gasteiger partial charge >= 0.3 is 12.6 Å². The molecule has 2 aromatic carbocycles. The van der Waals surface area contributed by atoms with E-state index >= 15 is 0 Å². The molecular weight excluding hydrogens is 250 g/mol. The van der Waals surface area contributed by atoms with Crippen molar-refractivity contribution in [1.82, 2.24) is 0 Å².